The van der Waals surface area contributed by atoms with E-state index in [0.29, 0.717) is 17.9 Å². The maximum Gasteiger partial charge on any atom is 0.326 e. The molecule has 10 N–H and O–H groups in total. The number of carboxylic acid groups (broad SMARTS) is 2. The number of nitrogens with two attached hydrogens (primary N) is 2. The van der Waals surface area contributed by atoms with Gasteiger partial charge in [-0.05, 0) is 24.9 Å². The number of carbonyl (C=O) groups excluding carboxylic acids is 4. The lowest BCUT2D eigenvalue weighted by atomic mass is 10.1. The number of aromatic nitrogens is 2. The largest absolute Gasteiger partial charge is 0.481 e. The maximum atomic E-state index is 13.0. The number of H-pyrrole nitrogens is 1. The highest BCUT2D eigenvalue weighted by Gasteiger charge is 2.31. The summed E-state index contributed by atoms with van der Waals surface area (Å²) >= 11 is 1.49. The molecule has 0 aliphatic heterocycles. The van der Waals surface area contributed by atoms with Crippen molar-refractivity contribution in [1.82, 2.24) is 25.9 Å². The number of rotatable bonds is 17. The van der Waals surface area contributed by atoms with Crippen LogP contribution >= 0.6 is 11.8 Å². The van der Waals surface area contributed by atoms with E-state index >= 15 is 0 Å². The average molecular weight is 530 g/mol. The van der Waals surface area contributed by atoms with Crippen LogP contribution in [0, 0.1) is 0 Å². The number of aromatic amines is 1. The van der Waals surface area contributed by atoms with Gasteiger partial charge in [0.25, 0.3) is 0 Å². The van der Waals surface area contributed by atoms with Crippen molar-refractivity contribution in [2.45, 2.75) is 56.3 Å². The van der Waals surface area contributed by atoms with Gasteiger partial charge in [0, 0.05) is 24.7 Å². The summed E-state index contributed by atoms with van der Waals surface area (Å²) in [6.07, 6.45) is 3.27. The highest BCUT2D eigenvalue weighted by atomic mass is 32.2. The Morgan fingerprint density at radius 2 is 1.61 bits per heavy atom. The molecule has 36 heavy (non-hydrogen) atoms. The van der Waals surface area contributed by atoms with E-state index in [1.807, 2.05) is 6.26 Å². The lowest BCUT2D eigenvalue weighted by Crippen LogP contribution is -2.58. The molecule has 16 heteroatoms. The first-order valence-electron chi connectivity index (χ1n) is 10.8. The van der Waals surface area contributed by atoms with E-state index in [1.165, 1.54) is 24.3 Å². The summed E-state index contributed by atoms with van der Waals surface area (Å²) in [4.78, 5) is 78.6. The van der Waals surface area contributed by atoms with Crippen LogP contribution in [-0.2, 0) is 35.2 Å². The highest BCUT2D eigenvalue weighted by molar-refractivity contribution is 7.98. The van der Waals surface area contributed by atoms with Gasteiger partial charge in [-0.15, -0.1) is 0 Å². The molecule has 0 aliphatic rings. The lowest BCUT2D eigenvalue weighted by Gasteiger charge is -2.24. The molecule has 4 amide bonds. The Morgan fingerprint density at radius 1 is 1.00 bits per heavy atom. The molecule has 1 aromatic heterocycles. The number of nitrogens with one attached hydrogen (secondary N) is 4. The van der Waals surface area contributed by atoms with Crippen LogP contribution in [0.25, 0.3) is 0 Å². The Bertz CT molecular complexity index is 927. The predicted octanol–water partition coefficient (Wildman–Crippen LogP) is -2.69. The zero-order valence-corrected chi connectivity index (χ0v) is 20.4. The minimum atomic E-state index is -1.59. The summed E-state index contributed by atoms with van der Waals surface area (Å²) in [7, 11) is 0. The minimum Gasteiger partial charge on any atom is -0.481 e. The Hall–Kier alpha value is -3.66. The molecule has 1 rings (SSSR count). The van der Waals surface area contributed by atoms with Gasteiger partial charge in [0.15, 0.2) is 0 Å². The van der Waals surface area contributed by atoms with Crippen molar-refractivity contribution in [2.75, 3.05) is 12.0 Å². The monoisotopic (exact) mass is 529 g/mol. The molecule has 0 bridgehead atoms. The number of hydrogen-bond acceptors (Lipinski definition) is 9. The molecule has 0 spiro atoms. The molecule has 4 unspecified atom stereocenters. The van der Waals surface area contributed by atoms with Gasteiger partial charge in [-0.3, -0.25) is 24.0 Å². The lowest BCUT2D eigenvalue weighted by molar-refractivity contribution is -0.143. The number of carbonyl (C=O) groups is 6. The molecule has 0 fully saturated rings. The number of thioether (sulfide) groups is 1. The fourth-order valence-corrected chi connectivity index (χ4v) is 3.45. The first kappa shape index (κ1) is 30.4. The predicted molar refractivity (Wildman–Crippen MR) is 127 cm³/mol. The third kappa shape index (κ3) is 11.2. The topological polar surface area (TPSA) is 260 Å². The van der Waals surface area contributed by atoms with E-state index in [1.54, 1.807) is 0 Å². The fraction of sp³-hybridized carbons (Fsp3) is 0.550. The first-order chi connectivity index (χ1) is 16.9. The van der Waals surface area contributed by atoms with Gasteiger partial charge in [0.2, 0.25) is 23.6 Å². The number of imidazole rings is 1. The molecule has 0 saturated heterocycles. The molecule has 0 aliphatic carbocycles. The number of aliphatic carboxylic acids is 2. The number of carboxylic acids is 2. The summed E-state index contributed by atoms with van der Waals surface area (Å²) in [6.45, 7) is 0. The molecule has 4 atom stereocenters. The Balaban J connectivity index is 3.03. The van der Waals surface area contributed by atoms with Crippen LogP contribution in [0.3, 0.4) is 0 Å². The van der Waals surface area contributed by atoms with Gasteiger partial charge in [0.1, 0.15) is 18.1 Å². The fourth-order valence-electron chi connectivity index (χ4n) is 2.96. The van der Waals surface area contributed by atoms with Gasteiger partial charge in [-0.25, -0.2) is 9.78 Å². The Morgan fingerprint density at radius 3 is 2.14 bits per heavy atom. The van der Waals surface area contributed by atoms with Crippen molar-refractivity contribution in [3.05, 3.63) is 18.2 Å². The zero-order chi connectivity index (χ0) is 27.3. The second-order valence-electron chi connectivity index (χ2n) is 7.79. The zero-order valence-electron chi connectivity index (χ0n) is 19.6. The first-order valence-corrected chi connectivity index (χ1v) is 12.2. The van der Waals surface area contributed by atoms with Gasteiger partial charge >= 0.3 is 11.9 Å². The van der Waals surface area contributed by atoms with E-state index in [-0.39, 0.29) is 6.42 Å². The molecule has 1 heterocycles. The average Bonchev–Trinajstić information content (AvgIpc) is 3.31. The summed E-state index contributed by atoms with van der Waals surface area (Å²) < 4.78 is 0. The summed E-state index contributed by atoms with van der Waals surface area (Å²) in [5.74, 6) is -5.68. The number of amides is 4. The van der Waals surface area contributed by atoms with Crippen molar-refractivity contribution in [3.63, 3.8) is 0 Å². The standard InChI is InChI=1S/C20H31N7O8S/c1-36-5-4-11(21)17(31)26-13(6-10-8-23-9-24-10)18(32)27-14(7-15(22)28)19(33)25-12(20(34)35)2-3-16(29)30/h8-9,11-14H,2-7,21H2,1H3,(H2,22,28)(H,23,24)(H,25,33)(H,26,31)(H,27,32)(H,29,30)(H,34,35). The molecule has 200 valence electrons. The van der Waals surface area contributed by atoms with E-state index in [9.17, 15) is 33.9 Å². The van der Waals surface area contributed by atoms with E-state index in [2.05, 4.69) is 25.9 Å². The van der Waals surface area contributed by atoms with Gasteiger partial charge in [-0.2, -0.15) is 11.8 Å². The molecule has 0 radical (unpaired) electrons. The third-order valence-corrected chi connectivity index (χ3v) is 5.53. The second-order valence-corrected chi connectivity index (χ2v) is 8.78. The van der Waals surface area contributed by atoms with Crippen molar-refractivity contribution in [1.29, 1.82) is 0 Å². The molecular formula is C20H31N7O8S. The summed E-state index contributed by atoms with van der Waals surface area (Å²) in [5, 5.41) is 25.0. The Kier molecular flexibility index (Phi) is 13.0. The molecule has 0 saturated carbocycles. The molecule has 0 aromatic carbocycles. The van der Waals surface area contributed by atoms with Gasteiger partial charge in [-0.1, -0.05) is 0 Å². The smallest absolute Gasteiger partial charge is 0.326 e. The van der Waals surface area contributed by atoms with Crippen LogP contribution in [0.1, 0.15) is 31.4 Å². The number of nitrogens with zero attached hydrogens (tertiary/aromatic N) is 1. The van der Waals surface area contributed by atoms with Crippen molar-refractivity contribution in [3.8, 4) is 0 Å². The summed E-state index contributed by atoms with van der Waals surface area (Å²) in [6, 6.07) is -5.31. The minimum absolute atomic E-state index is 0.0614. The van der Waals surface area contributed by atoms with Crippen molar-refractivity contribution < 1.29 is 39.0 Å². The van der Waals surface area contributed by atoms with Gasteiger partial charge < -0.3 is 42.6 Å². The van der Waals surface area contributed by atoms with Crippen molar-refractivity contribution in [2.24, 2.45) is 11.5 Å². The Labute approximate surface area is 210 Å². The normalized spacial score (nSPS) is 14.1. The second kappa shape index (κ2) is 15.4. The van der Waals surface area contributed by atoms with Crippen LogP contribution in [-0.4, -0.2) is 91.9 Å². The van der Waals surface area contributed by atoms with Crippen molar-refractivity contribution >= 4 is 47.3 Å². The number of hydrogen-bond donors (Lipinski definition) is 8. The maximum absolute atomic E-state index is 13.0. The summed E-state index contributed by atoms with van der Waals surface area (Å²) in [5.41, 5.74) is 11.5. The van der Waals surface area contributed by atoms with Crippen LogP contribution in [0.2, 0.25) is 0 Å². The highest BCUT2D eigenvalue weighted by Crippen LogP contribution is 2.05. The number of primary amides is 1. The van der Waals surface area contributed by atoms with Crippen LogP contribution in [0.5, 0.6) is 0 Å². The quantitative estimate of drug-likeness (QED) is 0.103. The van der Waals surface area contributed by atoms with Crippen LogP contribution in [0.15, 0.2) is 12.5 Å². The molecule has 1 aromatic rings. The SMILES string of the molecule is CSCCC(N)C(=O)NC(Cc1cnc[nH]1)C(=O)NC(CC(N)=O)C(=O)NC(CCC(=O)O)C(=O)O. The van der Waals surface area contributed by atoms with E-state index in [0.717, 1.165) is 0 Å². The van der Waals surface area contributed by atoms with Crippen LogP contribution < -0.4 is 27.4 Å². The molecular weight excluding hydrogens is 498 g/mol. The van der Waals surface area contributed by atoms with Crippen LogP contribution in [0.4, 0.5) is 0 Å². The van der Waals surface area contributed by atoms with E-state index < -0.39 is 79.0 Å². The van der Waals surface area contributed by atoms with Gasteiger partial charge in [0.05, 0.1) is 18.8 Å². The third-order valence-electron chi connectivity index (χ3n) is 4.88. The van der Waals surface area contributed by atoms with E-state index in [4.69, 9.17) is 16.6 Å². The molecule has 15 nitrogen and oxygen atoms in total.